The Labute approximate surface area is 127 Å². The van der Waals surface area contributed by atoms with Crippen molar-refractivity contribution in [2.24, 2.45) is 0 Å². The van der Waals surface area contributed by atoms with Gasteiger partial charge in [-0.3, -0.25) is 0 Å². The van der Waals surface area contributed by atoms with Crippen molar-refractivity contribution >= 4 is 22.9 Å². The minimum Gasteiger partial charge on any atom is -0.493 e. The quantitative estimate of drug-likeness (QED) is 0.833. The summed E-state index contributed by atoms with van der Waals surface area (Å²) < 4.78 is 5.69. The van der Waals surface area contributed by atoms with Gasteiger partial charge in [0.2, 0.25) is 0 Å². The van der Waals surface area contributed by atoms with Crippen LogP contribution < -0.4 is 4.74 Å². The fourth-order valence-electron chi connectivity index (χ4n) is 1.80. The fraction of sp³-hybridized carbons (Fsp3) is 0.333. The van der Waals surface area contributed by atoms with Gasteiger partial charge in [-0.25, -0.2) is 4.98 Å². The lowest BCUT2D eigenvalue weighted by Gasteiger charge is -2.06. The third-order valence-electron chi connectivity index (χ3n) is 2.89. The summed E-state index contributed by atoms with van der Waals surface area (Å²) in [7, 11) is 0. The summed E-state index contributed by atoms with van der Waals surface area (Å²) in [5, 5.41) is 10.7. The number of aryl methyl sites for hydroxylation is 2. The Bertz CT molecular complexity index is 646. The van der Waals surface area contributed by atoms with Crippen molar-refractivity contribution in [3.63, 3.8) is 0 Å². The zero-order valence-corrected chi connectivity index (χ0v) is 13.0. The number of ether oxygens (including phenoxy) is 1. The lowest BCUT2D eigenvalue weighted by Crippen LogP contribution is -2.01. The Morgan fingerprint density at radius 3 is 2.85 bits per heavy atom. The number of hydrogen-bond acceptors (Lipinski definition) is 4. The first kappa shape index (κ1) is 14.8. The van der Waals surface area contributed by atoms with Crippen LogP contribution in [-0.4, -0.2) is 11.6 Å². The summed E-state index contributed by atoms with van der Waals surface area (Å²) in [6.07, 6.45) is 1.50. The van der Waals surface area contributed by atoms with Crippen molar-refractivity contribution in [1.82, 2.24) is 4.98 Å². The van der Waals surface area contributed by atoms with E-state index in [0.29, 0.717) is 17.9 Å². The van der Waals surface area contributed by atoms with Crippen LogP contribution in [0.1, 0.15) is 28.1 Å². The molecule has 0 saturated carbocycles. The maximum atomic E-state index is 9.00. The van der Waals surface area contributed by atoms with Crippen LogP contribution in [0, 0.1) is 18.3 Å². The van der Waals surface area contributed by atoms with E-state index in [1.54, 1.807) is 0 Å². The molecule has 0 aliphatic rings. The number of benzene rings is 1. The molecule has 1 aromatic carbocycles. The first-order chi connectivity index (χ1) is 9.63. The molecule has 0 bridgehead atoms. The predicted octanol–water partition coefficient (Wildman–Crippen LogP) is 4.16. The third-order valence-corrected chi connectivity index (χ3v) is 4.38. The highest BCUT2D eigenvalue weighted by atomic mass is 35.5. The SMILES string of the molecule is CCc1nc(CCOc2ccc(Cl)c(C)c2)sc1C#N. The number of halogens is 1. The van der Waals surface area contributed by atoms with Gasteiger partial charge in [-0.15, -0.1) is 11.3 Å². The van der Waals surface area contributed by atoms with Crippen molar-refractivity contribution < 1.29 is 4.74 Å². The molecular weight excluding hydrogens is 292 g/mol. The minimum absolute atomic E-state index is 0.544. The molecule has 0 N–H and O–H groups in total. The molecule has 104 valence electrons. The molecule has 0 saturated heterocycles. The van der Waals surface area contributed by atoms with Crippen LogP contribution in [0.4, 0.5) is 0 Å². The topological polar surface area (TPSA) is 45.9 Å². The van der Waals surface area contributed by atoms with Crippen molar-refractivity contribution in [2.75, 3.05) is 6.61 Å². The van der Waals surface area contributed by atoms with Crippen LogP contribution in [0.25, 0.3) is 0 Å². The van der Waals surface area contributed by atoms with Crippen LogP contribution in [0.3, 0.4) is 0 Å². The second-order valence-corrected chi connectivity index (χ2v) is 5.85. The average molecular weight is 307 g/mol. The zero-order chi connectivity index (χ0) is 14.5. The first-order valence-electron chi connectivity index (χ1n) is 6.41. The molecule has 1 heterocycles. The Morgan fingerprint density at radius 1 is 1.45 bits per heavy atom. The van der Waals surface area contributed by atoms with Gasteiger partial charge in [-0.05, 0) is 37.1 Å². The summed E-state index contributed by atoms with van der Waals surface area (Å²) in [6.45, 7) is 4.50. The molecule has 0 amide bonds. The molecule has 0 spiro atoms. The van der Waals surface area contributed by atoms with Gasteiger partial charge in [0.1, 0.15) is 16.7 Å². The van der Waals surface area contributed by atoms with Crippen LogP contribution in [-0.2, 0) is 12.8 Å². The molecule has 1 aromatic heterocycles. The van der Waals surface area contributed by atoms with E-state index in [0.717, 1.165) is 33.5 Å². The zero-order valence-electron chi connectivity index (χ0n) is 11.4. The van der Waals surface area contributed by atoms with Gasteiger partial charge in [0, 0.05) is 11.4 Å². The van der Waals surface area contributed by atoms with Crippen molar-refractivity contribution in [1.29, 1.82) is 5.26 Å². The molecule has 0 atom stereocenters. The van der Waals surface area contributed by atoms with Gasteiger partial charge in [-0.2, -0.15) is 5.26 Å². The first-order valence-corrected chi connectivity index (χ1v) is 7.61. The Balaban J connectivity index is 1.94. The van der Waals surface area contributed by atoms with Crippen LogP contribution in [0.2, 0.25) is 5.02 Å². The lowest BCUT2D eigenvalue weighted by molar-refractivity contribution is 0.321. The minimum atomic E-state index is 0.544. The number of thiazole rings is 1. The van der Waals surface area contributed by atoms with E-state index in [1.165, 1.54) is 11.3 Å². The number of nitrogens with zero attached hydrogens (tertiary/aromatic N) is 2. The molecule has 0 aliphatic carbocycles. The molecule has 2 aromatic rings. The van der Waals surface area contributed by atoms with Crippen LogP contribution in [0.5, 0.6) is 5.75 Å². The maximum Gasteiger partial charge on any atom is 0.128 e. The third kappa shape index (κ3) is 3.50. The van der Waals surface area contributed by atoms with Crippen molar-refractivity contribution in [2.45, 2.75) is 26.7 Å². The monoisotopic (exact) mass is 306 g/mol. The van der Waals surface area contributed by atoms with E-state index < -0.39 is 0 Å². The van der Waals surface area contributed by atoms with Gasteiger partial charge >= 0.3 is 0 Å². The fourth-order valence-corrected chi connectivity index (χ4v) is 2.85. The Hall–Kier alpha value is -1.57. The summed E-state index contributed by atoms with van der Waals surface area (Å²) in [4.78, 5) is 5.17. The number of hydrogen-bond donors (Lipinski definition) is 0. The molecule has 0 fully saturated rings. The molecule has 3 nitrogen and oxygen atoms in total. The van der Waals surface area contributed by atoms with Gasteiger partial charge in [0.25, 0.3) is 0 Å². The molecule has 0 unspecified atom stereocenters. The highest BCUT2D eigenvalue weighted by Crippen LogP contribution is 2.22. The summed E-state index contributed by atoms with van der Waals surface area (Å²) in [5.74, 6) is 0.805. The number of aromatic nitrogens is 1. The molecule has 0 aliphatic heterocycles. The molecule has 0 radical (unpaired) electrons. The van der Waals surface area contributed by atoms with Crippen molar-refractivity contribution in [3.05, 3.63) is 44.4 Å². The smallest absolute Gasteiger partial charge is 0.128 e. The Kier molecular flexibility index (Phi) is 4.99. The van der Waals surface area contributed by atoms with E-state index in [9.17, 15) is 0 Å². The maximum absolute atomic E-state index is 9.00. The molecule has 20 heavy (non-hydrogen) atoms. The second kappa shape index (κ2) is 6.74. The van der Waals surface area contributed by atoms with E-state index in [-0.39, 0.29) is 0 Å². The highest BCUT2D eigenvalue weighted by molar-refractivity contribution is 7.12. The van der Waals surface area contributed by atoms with Gasteiger partial charge in [0.15, 0.2) is 0 Å². The standard InChI is InChI=1S/C15H15ClN2OS/c1-3-13-14(9-17)20-15(18-13)6-7-19-11-4-5-12(16)10(2)8-11/h4-5,8H,3,6-7H2,1-2H3. The molecule has 2 rings (SSSR count). The van der Waals surface area contributed by atoms with Gasteiger partial charge < -0.3 is 4.74 Å². The molecular formula is C15H15ClN2OS. The van der Waals surface area contributed by atoms with E-state index in [1.807, 2.05) is 32.0 Å². The summed E-state index contributed by atoms with van der Waals surface area (Å²) in [6, 6.07) is 7.80. The van der Waals surface area contributed by atoms with E-state index in [4.69, 9.17) is 21.6 Å². The van der Waals surface area contributed by atoms with Gasteiger partial charge in [0.05, 0.1) is 17.3 Å². The number of nitriles is 1. The largest absolute Gasteiger partial charge is 0.493 e. The molecule has 5 heteroatoms. The van der Waals surface area contributed by atoms with Crippen LogP contribution >= 0.6 is 22.9 Å². The number of rotatable bonds is 5. The van der Waals surface area contributed by atoms with Gasteiger partial charge in [-0.1, -0.05) is 18.5 Å². The summed E-state index contributed by atoms with van der Waals surface area (Å²) in [5.41, 5.74) is 1.88. The second-order valence-electron chi connectivity index (χ2n) is 4.36. The summed E-state index contributed by atoms with van der Waals surface area (Å²) >= 11 is 7.42. The average Bonchev–Trinajstić information content (AvgIpc) is 2.85. The van der Waals surface area contributed by atoms with Crippen molar-refractivity contribution in [3.8, 4) is 11.8 Å². The lowest BCUT2D eigenvalue weighted by atomic mass is 10.2. The predicted molar refractivity (Wildman–Crippen MR) is 81.6 cm³/mol. The normalized spacial score (nSPS) is 10.3. The van der Waals surface area contributed by atoms with Crippen LogP contribution in [0.15, 0.2) is 18.2 Å². The van der Waals surface area contributed by atoms with E-state index in [2.05, 4.69) is 11.1 Å². The Morgan fingerprint density at radius 2 is 2.25 bits per heavy atom. The highest BCUT2D eigenvalue weighted by Gasteiger charge is 2.09. The van der Waals surface area contributed by atoms with E-state index >= 15 is 0 Å².